The number of rotatable bonds is 4. The van der Waals surface area contributed by atoms with Crippen molar-refractivity contribution in [3.8, 4) is 5.69 Å². The van der Waals surface area contributed by atoms with Crippen molar-refractivity contribution in [2.45, 2.75) is 6.54 Å². The minimum atomic E-state index is -1.13. The Morgan fingerprint density at radius 1 is 0.906 bits per heavy atom. The Morgan fingerprint density at radius 2 is 1.59 bits per heavy atom. The normalized spacial score (nSPS) is 11.0. The van der Waals surface area contributed by atoms with E-state index >= 15 is 0 Å². The number of nitrogens with zero attached hydrogens (tertiary/aromatic N) is 2. The van der Waals surface area contributed by atoms with Crippen molar-refractivity contribution in [3.63, 3.8) is 0 Å². The van der Waals surface area contributed by atoms with Gasteiger partial charge in [0.1, 0.15) is 24.0 Å². The van der Waals surface area contributed by atoms with Crippen LogP contribution < -0.4 is 16.6 Å². The maximum absolute atomic E-state index is 14.4. The number of hydrogen-bond acceptors (Lipinski definition) is 3. The average molecular weight is 460 g/mol. The molecule has 1 N–H and O–H groups in total. The minimum Gasteiger partial charge on any atom is -0.325 e. The molecule has 0 aliphatic heterocycles. The van der Waals surface area contributed by atoms with Gasteiger partial charge in [0.2, 0.25) is 5.91 Å². The van der Waals surface area contributed by atoms with Crippen LogP contribution in [0.3, 0.4) is 0 Å². The average Bonchev–Trinajstić information content (AvgIpc) is 2.74. The monoisotopic (exact) mass is 459 g/mol. The van der Waals surface area contributed by atoms with Crippen LogP contribution in [-0.4, -0.2) is 15.0 Å². The number of anilines is 1. The van der Waals surface area contributed by atoms with Crippen molar-refractivity contribution in [1.29, 1.82) is 0 Å². The molecule has 4 rings (SSSR count). The van der Waals surface area contributed by atoms with Crippen molar-refractivity contribution in [2.24, 2.45) is 0 Å². The third-order valence-corrected chi connectivity index (χ3v) is 4.92. The number of carbonyl (C=O) groups is 1. The molecule has 1 amide bonds. The maximum Gasteiger partial charge on any atom is 0.336 e. The first kappa shape index (κ1) is 21.4. The molecule has 0 aliphatic rings. The summed E-state index contributed by atoms with van der Waals surface area (Å²) in [6.07, 6.45) is 0. The van der Waals surface area contributed by atoms with Crippen LogP contribution in [0.2, 0.25) is 5.02 Å². The van der Waals surface area contributed by atoms with Gasteiger partial charge in [0.05, 0.1) is 16.6 Å². The standard InChI is InChI=1S/C22H13ClF3N3O3/c23-12-1-7-16-19(9-12)28(11-20(30)27-15-5-2-13(24)3-6-15)22(32)29(21(16)31)18-8-4-14(25)10-17(18)26/h1-10H,11H2,(H,27,30). The predicted molar refractivity (Wildman–Crippen MR) is 114 cm³/mol. The molecule has 1 aromatic heterocycles. The van der Waals surface area contributed by atoms with Crippen LogP contribution in [0.15, 0.2) is 70.3 Å². The minimum absolute atomic E-state index is 0.00712. The molecule has 6 nitrogen and oxygen atoms in total. The summed E-state index contributed by atoms with van der Waals surface area (Å²) in [7, 11) is 0. The molecule has 0 unspecified atom stereocenters. The van der Waals surface area contributed by atoms with Crippen LogP contribution in [0, 0.1) is 17.5 Å². The van der Waals surface area contributed by atoms with E-state index in [2.05, 4.69) is 5.32 Å². The Bertz CT molecular complexity index is 1480. The van der Waals surface area contributed by atoms with Gasteiger partial charge >= 0.3 is 5.69 Å². The number of fused-ring (bicyclic) bond motifs is 1. The second-order valence-electron chi connectivity index (χ2n) is 6.82. The largest absolute Gasteiger partial charge is 0.336 e. The molecule has 4 aromatic rings. The fourth-order valence-electron chi connectivity index (χ4n) is 3.25. The Balaban J connectivity index is 1.88. The highest BCUT2D eigenvalue weighted by molar-refractivity contribution is 6.31. The zero-order valence-corrected chi connectivity index (χ0v) is 16.9. The quantitative estimate of drug-likeness (QED) is 0.503. The van der Waals surface area contributed by atoms with E-state index in [0.29, 0.717) is 10.6 Å². The van der Waals surface area contributed by atoms with Crippen LogP contribution in [0.5, 0.6) is 0 Å². The van der Waals surface area contributed by atoms with Crippen molar-refractivity contribution >= 4 is 34.1 Å². The fourth-order valence-corrected chi connectivity index (χ4v) is 3.41. The number of nitrogens with one attached hydrogen (secondary N) is 1. The second kappa shape index (κ2) is 8.35. The highest BCUT2D eigenvalue weighted by atomic mass is 35.5. The van der Waals surface area contributed by atoms with Crippen LogP contribution in [0.1, 0.15) is 0 Å². The SMILES string of the molecule is O=C(Cn1c(=O)n(-c2ccc(F)cc2F)c(=O)c2ccc(Cl)cc21)Nc1ccc(F)cc1. The third-order valence-electron chi connectivity index (χ3n) is 4.69. The molecule has 0 radical (unpaired) electrons. The van der Waals surface area contributed by atoms with E-state index in [-0.39, 0.29) is 21.6 Å². The first-order valence-electron chi connectivity index (χ1n) is 9.20. The van der Waals surface area contributed by atoms with Crippen molar-refractivity contribution in [3.05, 3.63) is 104 Å². The summed E-state index contributed by atoms with van der Waals surface area (Å²) in [6.45, 7) is -0.559. The molecule has 162 valence electrons. The van der Waals surface area contributed by atoms with Gasteiger partial charge in [-0.1, -0.05) is 11.6 Å². The molecule has 0 bridgehead atoms. The Labute approximate surface area is 183 Å². The Kier molecular flexibility index (Phi) is 5.58. The lowest BCUT2D eigenvalue weighted by molar-refractivity contribution is -0.116. The molecule has 0 atom stereocenters. The number of amides is 1. The van der Waals surface area contributed by atoms with E-state index in [0.717, 1.165) is 28.8 Å². The highest BCUT2D eigenvalue weighted by Gasteiger charge is 2.19. The first-order valence-corrected chi connectivity index (χ1v) is 9.58. The van der Waals surface area contributed by atoms with Gasteiger partial charge in [-0.05, 0) is 54.6 Å². The van der Waals surface area contributed by atoms with E-state index in [1.165, 1.54) is 30.3 Å². The van der Waals surface area contributed by atoms with Gasteiger partial charge in [0, 0.05) is 16.8 Å². The molecule has 32 heavy (non-hydrogen) atoms. The van der Waals surface area contributed by atoms with E-state index in [9.17, 15) is 27.6 Å². The number of carbonyl (C=O) groups excluding carboxylic acids is 1. The molecule has 0 spiro atoms. The van der Waals surface area contributed by atoms with Gasteiger partial charge in [-0.2, -0.15) is 0 Å². The van der Waals surface area contributed by atoms with E-state index in [1.807, 2.05) is 0 Å². The number of benzene rings is 3. The summed E-state index contributed by atoms with van der Waals surface area (Å²) in [5.74, 6) is -3.16. The summed E-state index contributed by atoms with van der Waals surface area (Å²) >= 11 is 6.01. The molecule has 10 heteroatoms. The number of halogens is 4. The molecule has 3 aromatic carbocycles. The zero-order chi connectivity index (χ0) is 23.0. The molecule has 0 saturated carbocycles. The van der Waals surface area contributed by atoms with Gasteiger partial charge in [0.25, 0.3) is 5.56 Å². The van der Waals surface area contributed by atoms with Crippen molar-refractivity contribution in [1.82, 2.24) is 9.13 Å². The van der Waals surface area contributed by atoms with Gasteiger partial charge in [-0.25, -0.2) is 22.5 Å². The van der Waals surface area contributed by atoms with Gasteiger partial charge in [-0.15, -0.1) is 0 Å². The van der Waals surface area contributed by atoms with Gasteiger partial charge < -0.3 is 5.32 Å². The van der Waals surface area contributed by atoms with E-state index in [4.69, 9.17) is 11.6 Å². The Morgan fingerprint density at radius 3 is 2.28 bits per heavy atom. The summed E-state index contributed by atoms with van der Waals surface area (Å²) < 4.78 is 42.3. The molecule has 0 aliphatic carbocycles. The first-order chi connectivity index (χ1) is 15.2. The Hall–Kier alpha value is -3.85. The molecule has 0 fully saturated rings. The van der Waals surface area contributed by atoms with E-state index in [1.54, 1.807) is 0 Å². The van der Waals surface area contributed by atoms with Gasteiger partial charge in [0.15, 0.2) is 0 Å². The highest BCUT2D eigenvalue weighted by Crippen LogP contribution is 2.18. The third kappa shape index (κ3) is 4.02. The van der Waals surface area contributed by atoms with E-state index < -0.39 is 46.8 Å². The number of hydrogen-bond donors (Lipinski definition) is 1. The van der Waals surface area contributed by atoms with Crippen LogP contribution >= 0.6 is 11.6 Å². The summed E-state index contributed by atoms with van der Waals surface area (Å²) in [5, 5.41) is 2.70. The lowest BCUT2D eigenvalue weighted by atomic mass is 10.2. The number of aromatic nitrogens is 2. The summed E-state index contributed by atoms with van der Waals surface area (Å²) in [4.78, 5) is 38.7. The molecular weight excluding hydrogens is 447 g/mol. The summed E-state index contributed by atoms with van der Waals surface area (Å²) in [6, 6.07) is 11.4. The van der Waals surface area contributed by atoms with Crippen molar-refractivity contribution in [2.75, 3.05) is 5.32 Å². The predicted octanol–water partition coefficient (Wildman–Crippen LogP) is 3.86. The topological polar surface area (TPSA) is 73.1 Å². The van der Waals surface area contributed by atoms with Crippen LogP contribution in [-0.2, 0) is 11.3 Å². The second-order valence-corrected chi connectivity index (χ2v) is 7.26. The van der Waals surface area contributed by atoms with Crippen LogP contribution in [0.25, 0.3) is 16.6 Å². The lowest BCUT2D eigenvalue weighted by Crippen LogP contribution is -2.41. The van der Waals surface area contributed by atoms with Crippen LogP contribution in [0.4, 0.5) is 18.9 Å². The molecular formula is C22H13ClF3N3O3. The van der Waals surface area contributed by atoms with Crippen molar-refractivity contribution < 1.29 is 18.0 Å². The summed E-state index contributed by atoms with van der Waals surface area (Å²) in [5.41, 5.74) is -2.01. The van der Waals surface area contributed by atoms with Gasteiger partial charge in [-0.3, -0.25) is 14.2 Å². The smallest absolute Gasteiger partial charge is 0.325 e. The molecule has 0 saturated heterocycles. The molecule has 1 heterocycles. The zero-order valence-electron chi connectivity index (χ0n) is 16.1. The maximum atomic E-state index is 14.4. The lowest BCUT2D eigenvalue weighted by Gasteiger charge is -2.15. The fraction of sp³-hybridized carbons (Fsp3) is 0.0455.